The third-order valence-corrected chi connectivity index (χ3v) is 3.42. The van der Waals surface area contributed by atoms with Gasteiger partial charge in [0, 0.05) is 23.0 Å². The molecule has 17 heavy (non-hydrogen) atoms. The van der Waals surface area contributed by atoms with Crippen LogP contribution in [0.25, 0.3) is 0 Å². The first-order chi connectivity index (χ1) is 8.08. The molecule has 4 nitrogen and oxygen atoms in total. The van der Waals surface area contributed by atoms with Crippen LogP contribution < -0.4 is 0 Å². The zero-order valence-electron chi connectivity index (χ0n) is 9.14. The summed E-state index contributed by atoms with van der Waals surface area (Å²) in [5.74, 6) is 0.736. The second kappa shape index (κ2) is 5.16. The Hall–Kier alpha value is -0.910. The summed E-state index contributed by atoms with van der Waals surface area (Å²) in [7, 11) is 1.80. The first-order valence-corrected chi connectivity index (χ1v) is 6.21. The third-order valence-electron chi connectivity index (χ3n) is 2.50. The SMILES string of the molecule is Cn1ncnc1CC(O)c1ccc(Cl)cc1Br. The van der Waals surface area contributed by atoms with Crippen molar-refractivity contribution >= 4 is 27.5 Å². The first kappa shape index (κ1) is 12.5. The molecule has 1 atom stereocenters. The van der Waals surface area contributed by atoms with E-state index in [1.807, 2.05) is 0 Å². The Morgan fingerprint density at radius 3 is 2.88 bits per heavy atom. The average Bonchev–Trinajstić information content (AvgIpc) is 2.64. The molecule has 0 aliphatic carbocycles. The molecule has 0 spiro atoms. The lowest BCUT2D eigenvalue weighted by Gasteiger charge is -2.12. The van der Waals surface area contributed by atoms with Gasteiger partial charge in [-0.1, -0.05) is 33.6 Å². The van der Waals surface area contributed by atoms with E-state index in [0.717, 1.165) is 15.9 Å². The topological polar surface area (TPSA) is 50.9 Å². The molecule has 1 aromatic heterocycles. The number of hydrogen-bond donors (Lipinski definition) is 1. The summed E-state index contributed by atoms with van der Waals surface area (Å²) in [6, 6.07) is 5.31. The lowest BCUT2D eigenvalue weighted by molar-refractivity contribution is 0.173. The molecule has 0 saturated heterocycles. The number of aliphatic hydroxyl groups is 1. The van der Waals surface area contributed by atoms with Crippen LogP contribution in [0.1, 0.15) is 17.5 Å². The number of hydrogen-bond acceptors (Lipinski definition) is 3. The van der Waals surface area contributed by atoms with Crippen LogP contribution in [0.15, 0.2) is 29.0 Å². The molecule has 90 valence electrons. The minimum Gasteiger partial charge on any atom is -0.388 e. The Kier molecular flexibility index (Phi) is 3.81. The Bertz CT molecular complexity index is 529. The van der Waals surface area contributed by atoms with Crippen molar-refractivity contribution in [2.45, 2.75) is 12.5 Å². The van der Waals surface area contributed by atoms with Crippen molar-refractivity contribution in [2.24, 2.45) is 7.05 Å². The van der Waals surface area contributed by atoms with Gasteiger partial charge in [0.05, 0.1) is 6.10 Å². The predicted octanol–water partition coefficient (Wildman–Crippen LogP) is 2.51. The fraction of sp³-hybridized carbons (Fsp3) is 0.273. The van der Waals surface area contributed by atoms with E-state index in [-0.39, 0.29) is 0 Å². The highest BCUT2D eigenvalue weighted by atomic mass is 79.9. The number of rotatable bonds is 3. The number of halogens is 2. The monoisotopic (exact) mass is 315 g/mol. The smallest absolute Gasteiger partial charge is 0.138 e. The highest BCUT2D eigenvalue weighted by Gasteiger charge is 2.14. The second-order valence-electron chi connectivity index (χ2n) is 3.69. The highest BCUT2D eigenvalue weighted by molar-refractivity contribution is 9.10. The van der Waals surface area contributed by atoms with Gasteiger partial charge in [-0.05, 0) is 17.7 Å². The van der Waals surface area contributed by atoms with E-state index in [1.165, 1.54) is 6.33 Å². The molecule has 2 rings (SSSR count). The lowest BCUT2D eigenvalue weighted by atomic mass is 10.1. The maximum atomic E-state index is 10.1. The molecule has 0 bridgehead atoms. The molecular weight excluding hydrogens is 305 g/mol. The van der Waals surface area contributed by atoms with E-state index >= 15 is 0 Å². The Labute approximate surface area is 112 Å². The van der Waals surface area contributed by atoms with Gasteiger partial charge < -0.3 is 5.11 Å². The Balaban J connectivity index is 2.20. The Morgan fingerprint density at radius 2 is 2.29 bits per heavy atom. The van der Waals surface area contributed by atoms with E-state index < -0.39 is 6.10 Å². The van der Waals surface area contributed by atoms with Crippen LogP contribution in [0.3, 0.4) is 0 Å². The summed E-state index contributed by atoms with van der Waals surface area (Å²) >= 11 is 9.23. The molecule has 0 aliphatic rings. The van der Waals surface area contributed by atoms with Gasteiger partial charge in [0.25, 0.3) is 0 Å². The molecule has 0 amide bonds. The summed E-state index contributed by atoms with van der Waals surface area (Å²) in [4.78, 5) is 4.08. The van der Waals surface area contributed by atoms with E-state index in [9.17, 15) is 5.11 Å². The van der Waals surface area contributed by atoms with Gasteiger partial charge in [0.1, 0.15) is 12.2 Å². The van der Waals surface area contributed by atoms with E-state index in [0.29, 0.717) is 11.4 Å². The quantitative estimate of drug-likeness (QED) is 0.946. The number of aliphatic hydroxyl groups excluding tert-OH is 1. The molecule has 1 unspecified atom stereocenters. The van der Waals surface area contributed by atoms with Crippen molar-refractivity contribution in [3.8, 4) is 0 Å². The zero-order chi connectivity index (χ0) is 12.4. The molecule has 1 aromatic carbocycles. The molecule has 1 N–H and O–H groups in total. The zero-order valence-corrected chi connectivity index (χ0v) is 11.5. The van der Waals surface area contributed by atoms with E-state index in [1.54, 1.807) is 29.9 Å². The standard InChI is InChI=1S/C11H11BrClN3O/c1-16-11(14-6-15-16)5-10(17)8-3-2-7(13)4-9(8)12/h2-4,6,10,17H,5H2,1H3. The first-order valence-electron chi connectivity index (χ1n) is 5.04. The number of benzene rings is 1. The lowest BCUT2D eigenvalue weighted by Crippen LogP contribution is -2.08. The van der Waals surface area contributed by atoms with Crippen LogP contribution >= 0.6 is 27.5 Å². The summed E-state index contributed by atoms with van der Waals surface area (Å²) in [5.41, 5.74) is 0.789. The van der Waals surface area contributed by atoms with Crippen molar-refractivity contribution in [2.75, 3.05) is 0 Å². The van der Waals surface area contributed by atoms with Crippen LogP contribution in [0.4, 0.5) is 0 Å². The summed E-state index contributed by atoms with van der Waals surface area (Å²) in [6.45, 7) is 0. The number of aryl methyl sites for hydroxylation is 1. The molecule has 0 aliphatic heterocycles. The van der Waals surface area contributed by atoms with Crippen molar-refractivity contribution in [1.29, 1.82) is 0 Å². The van der Waals surface area contributed by atoms with Crippen molar-refractivity contribution in [3.05, 3.63) is 45.4 Å². The van der Waals surface area contributed by atoms with Gasteiger partial charge in [-0.2, -0.15) is 5.10 Å². The van der Waals surface area contributed by atoms with Gasteiger partial charge in [-0.25, -0.2) is 4.98 Å². The van der Waals surface area contributed by atoms with Crippen molar-refractivity contribution < 1.29 is 5.11 Å². The largest absolute Gasteiger partial charge is 0.388 e. The third kappa shape index (κ3) is 2.86. The molecule has 0 saturated carbocycles. The maximum absolute atomic E-state index is 10.1. The predicted molar refractivity (Wildman–Crippen MR) is 68.8 cm³/mol. The number of aromatic nitrogens is 3. The summed E-state index contributed by atoms with van der Waals surface area (Å²) in [6.07, 6.45) is 1.25. The van der Waals surface area contributed by atoms with Gasteiger partial charge in [-0.3, -0.25) is 4.68 Å². The van der Waals surface area contributed by atoms with Crippen molar-refractivity contribution in [3.63, 3.8) is 0 Å². The van der Waals surface area contributed by atoms with Crippen LogP contribution in [0.2, 0.25) is 5.02 Å². The second-order valence-corrected chi connectivity index (χ2v) is 4.98. The van der Waals surface area contributed by atoms with Gasteiger partial charge in [0.2, 0.25) is 0 Å². The Morgan fingerprint density at radius 1 is 1.53 bits per heavy atom. The normalized spacial score (nSPS) is 12.7. The van der Waals surface area contributed by atoms with E-state index in [4.69, 9.17) is 11.6 Å². The van der Waals surface area contributed by atoms with Gasteiger partial charge in [0.15, 0.2) is 0 Å². The average molecular weight is 317 g/mol. The summed E-state index contributed by atoms with van der Waals surface area (Å²) in [5, 5.41) is 14.7. The molecule has 6 heteroatoms. The fourth-order valence-electron chi connectivity index (χ4n) is 1.56. The summed E-state index contributed by atoms with van der Waals surface area (Å²) < 4.78 is 2.44. The van der Waals surface area contributed by atoms with Crippen molar-refractivity contribution in [1.82, 2.24) is 14.8 Å². The fourth-order valence-corrected chi connectivity index (χ4v) is 2.51. The van der Waals surface area contributed by atoms with Crippen LogP contribution in [-0.2, 0) is 13.5 Å². The number of nitrogens with zero attached hydrogens (tertiary/aromatic N) is 3. The van der Waals surface area contributed by atoms with Crippen LogP contribution in [0.5, 0.6) is 0 Å². The minimum atomic E-state index is -0.635. The van der Waals surface area contributed by atoms with Crippen LogP contribution in [0, 0.1) is 0 Å². The molecule has 1 heterocycles. The van der Waals surface area contributed by atoms with Crippen LogP contribution in [-0.4, -0.2) is 19.9 Å². The molecule has 0 fully saturated rings. The highest BCUT2D eigenvalue weighted by Crippen LogP contribution is 2.28. The van der Waals surface area contributed by atoms with Gasteiger partial charge in [-0.15, -0.1) is 0 Å². The minimum absolute atomic E-state index is 0.413. The van der Waals surface area contributed by atoms with E-state index in [2.05, 4.69) is 26.0 Å². The molecule has 0 radical (unpaired) electrons. The van der Waals surface area contributed by atoms with Gasteiger partial charge >= 0.3 is 0 Å². The maximum Gasteiger partial charge on any atom is 0.138 e. The molecular formula is C11H11BrClN3O. The molecule has 2 aromatic rings.